The fourth-order valence-electron chi connectivity index (χ4n) is 1.10. The molecule has 1 aromatic carbocycles. The lowest BCUT2D eigenvalue weighted by molar-refractivity contribution is 0.146. The Morgan fingerprint density at radius 1 is 1.29 bits per heavy atom. The first-order valence-corrected chi connectivity index (χ1v) is 5.72. The normalized spacial score (nSPS) is 14.0. The van der Waals surface area contributed by atoms with Gasteiger partial charge in [0.1, 0.15) is 0 Å². The third-order valence-electron chi connectivity index (χ3n) is 1.84. The Morgan fingerprint density at radius 3 is 2.21 bits per heavy atom. The summed E-state index contributed by atoms with van der Waals surface area (Å²) in [6.07, 6.45) is -0.601. The molecule has 0 saturated heterocycles. The highest BCUT2D eigenvalue weighted by atomic mass is 31.2. The molecule has 0 fully saturated rings. The summed E-state index contributed by atoms with van der Waals surface area (Å²) in [6, 6.07) is 7.31. The lowest BCUT2D eigenvalue weighted by atomic mass is 10.1. The van der Waals surface area contributed by atoms with Crippen molar-refractivity contribution in [2.45, 2.75) is 20.0 Å². The van der Waals surface area contributed by atoms with E-state index in [-0.39, 0.29) is 0 Å². The summed E-state index contributed by atoms with van der Waals surface area (Å²) >= 11 is 0. The van der Waals surface area contributed by atoms with Crippen molar-refractivity contribution in [3.05, 3.63) is 35.4 Å². The first kappa shape index (κ1) is 11.4. The molecule has 1 aromatic rings. The van der Waals surface area contributed by atoms with Crippen molar-refractivity contribution in [2.75, 3.05) is 0 Å². The molecule has 0 saturated carbocycles. The number of hydrogen-bond donors (Lipinski definition) is 2. The molecule has 0 aliphatic rings. The Balaban J connectivity index is 2.75. The average Bonchev–Trinajstić information content (AvgIpc) is 2.02. The van der Waals surface area contributed by atoms with Crippen LogP contribution in [0.15, 0.2) is 24.3 Å². The molecule has 5 heteroatoms. The maximum absolute atomic E-state index is 10.6. The largest absolute Gasteiger partial charge is 0.470 e. The maximum Gasteiger partial charge on any atom is 0.470 e. The van der Waals surface area contributed by atoms with Crippen LogP contribution in [-0.4, -0.2) is 9.79 Å². The Labute approximate surface area is 82.8 Å². The van der Waals surface area contributed by atoms with Gasteiger partial charge in [-0.25, -0.2) is 4.57 Å². The van der Waals surface area contributed by atoms with Gasteiger partial charge in [-0.15, -0.1) is 0 Å². The highest BCUT2D eigenvalue weighted by molar-refractivity contribution is 7.46. The van der Waals surface area contributed by atoms with E-state index in [0.717, 1.165) is 11.1 Å². The molecule has 0 aromatic heterocycles. The molecule has 0 radical (unpaired) electrons. The Morgan fingerprint density at radius 2 is 1.79 bits per heavy atom. The molecule has 1 atom stereocenters. The zero-order chi connectivity index (χ0) is 10.8. The van der Waals surface area contributed by atoms with Crippen LogP contribution in [0, 0.1) is 6.92 Å². The van der Waals surface area contributed by atoms with Gasteiger partial charge in [0.25, 0.3) is 0 Å². The van der Waals surface area contributed by atoms with Crippen LogP contribution in [0.3, 0.4) is 0 Å². The van der Waals surface area contributed by atoms with Gasteiger partial charge >= 0.3 is 7.82 Å². The number of phosphoric acid groups is 1. The molecule has 4 nitrogen and oxygen atoms in total. The molecular formula is C9H13O4P. The predicted molar refractivity (Wildman–Crippen MR) is 52.7 cm³/mol. The van der Waals surface area contributed by atoms with Crippen molar-refractivity contribution in [1.29, 1.82) is 0 Å². The van der Waals surface area contributed by atoms with E-state index < -0.39 is 13.9 Å². The van der Waals surface area contributed by atoms with Crippen molar-refractivity contribution in [1.82, 2.24) is 0 Å². The topological polar surface area (TPSA) is 66.8 Å². The van der Waals surface area contributed by atoms with Gasteiger partial charge in [-0.05, 0) is 19.4 Å². The fourth-order valence-corrected chi connectivity index (χ4v) is 1.64. The molecule has 2 N–H and O–H groups in total. The smallest absolute Gasteiger partial charge is 0.303 e. The molecule has 0 heterocycles. The summed E-state index contributed by atoms with van der Waals surface area (Å²) in [5, 5.41) is 0. The average molecular weight is 216 g/mol. The van der Waals surface area contributed by atoms with Gasteiger partial charge in [0.15, 0.2) is 0 Å². The Hall–Kier alpha value is -0.670. The second-order valence-electron chi connectivity index (χ2n) is 3.15. The lowest BCUT2D eigenvalue weighted by Crippen LogP contribution is -1.97. The van der Waals surface area contributed by atoms with Gasteiger partial charge < -0.3 is 9.79 Å². The van der Waals surface area contributed by atoms with Crippen molar-refractivity contribution in [3.63, 3.8) is 0 Å². The van der Waals surface area contributed by atoms with Gasteiger partial charge in [0, 0.05) is 0 Å². The minimum absolute atomic E-state index is 0.601. The summed E-state index contributed by atoms with van der Waals surface area (Å²) < 4.78 is 15.1. The maximum atomic E-state index is 10.6. The molecular weight excluding hydrogens is 203 g/mol. The predicted octanol–water partition coefficient (Wildman–Crippen LogP) is 2.17. The van der Waals surface area contributed by atoms with Gasteiger partial charge in [0.05, 0.1) is 6.10 Å². The van der Waals surface area contributed by atoms with Crippen LogP contribution in [-0.2, 0) is 9.09 Å². The van der Waals surface area contributed by atoms with E-state index in [1.54, 1.807) is 19.1 Å². The summed E-state index contributed by atoms with van der Waals surface area (Å²) in [6.45, 7) is 3.54. The van der Waals surface area contributed by atoms with E-state index in [2.05, 4.69) is 4.52 Å². The third-order valence-corrected chi connectivity index (χ3v) is 2.43. The number of phosphoric ester groups is 1. The third kappa shape index (κ3) is 3.60. The first-order chi connectivity index (χ1) is 6.38. The standard InChI is InChI=1S/C9H13O4P/c1-7-3-5-9(6-4-7)8(2)13-14(10,11)12/h3-6,8H,1-2H3,(H2,10,11,12). The number of aryl methyl sites for hydroxylation is 1. The summed E-state index contributed by atoms with van der Waals surface area (Å²) in [7, 11) is -4.40. The second-order valence-corrected chi connectivity index (χ2v) is 4.34. The minimum Gasteiger partial charge on any atom is -0.303 e. The molecule has 0 bridgehead atoms. The van der Waals surface area contributed by atoms with E-state index in [9.17, 15) is 4.57 Å². The van der Waals surface area contributed by atoms with Crippen LogP contribution in [0.25, 0.3) is 0 Å². The summed E-state index contributed by atoms with van der Waals surface area (Å²) in [5.41, 5.74) is 1.84. The fraction of sp³-hybridized carbons (Fsp3) is 0.333. The highest BCUT2D eigenvalue weighted by Crippen LogP contribution is 2.41. The number of benzene rings is 1. The molecule has 1 rings (SSSR count). The van der Waals surface area contributed by atoms with Crippen LogP contribution >= 0.6 is 7.82 Å². The Bertz CT molecular complexity index is 340. The Kier molecular flexibility index (Phi) is 3.45. The van der Waals surface area contributed by atoms with Crippen LogP contribution in [0.4, 0.5) is 0 Å². The van der Waals surface area contributed by atoms with Crippen molar-refractivity contribution in [3.8, 4) is 0 Å². The molecule has 0 aliphatic carbocycles. The first-order valence-electron chi connectivity index (χ1n) is 4.19. The van der Waals surface area contributed by atoms with E-state index in [4.69, 9.17) is 9.79 Å². The molecule has 1 unspecified atom stereocenters. The van der Waals surface area contributed by atoms with E-state index in [1.807, 2.05) is 19.1 Å². The number of hydrogen-bond acceptors (Lipinski definition) is 2. The van der Waals surface area contributed by atoms with E-state index in [1.165, 1.54) is 0 Å². The molecule has 0 spiro atoms. The molecule has 0 aliphatic heterocycles. The van der Waals surface area contributed by atoms with E-state index >= 15 is 0 Å². The van der Waals surface area contributed by atoms with Crippen LogP contribution < -0.4 is 0 Å². The summed E-state index contributed by atoms with van der Waals surface area (Å²) in [4.78, 5) is 17.2. The molecule has 78 valence electrons. The number of rotatable bonds is 3. The van der Waals surface area contributed by atoms with E-state index in [0.29, 0.717) is 0 Å². The highest BCUT2D eigenvalue weighted by Gasteiger charge is 2.19. The van der Waals surface area contributed by atoms with Gasteiger partial charge in [-0.2, -0.15) is 0 Å². The van der Waals surface area contributed by atoms with Crippen LogP contribution in [0.1, 0.15) is 24.2 Å². The molecule has 0 amide bonds. The lowest BCUT2D eigenvalue weighted by Gasteiger charge is -2.13. The monoisotopic (exact) mass is 216 g/mol. The van der Waals surface area contributed by atoms with Crippen molar-refractivity contribution >= 4 is 7.82 Å². The zero-order valence-electron chi connectivity index (χ0n) is 8.04. The van der Waals surface area contributed by atoms with Gasteiger partial charge in [0.2, 0.25) is 0 Å². The van der Waals surface area contributed by atoms with Crippen molar-refractivity contribution in [2.24, 2.45) is 0 Å². The minimum atomic E-state index is -4.40. The van der Waals surface area contributed by atoms with Gasteiger partial charge in [-0.1, -0.05) is 29.8 Å². The van der Waals surface area contributed by atoms with Crippen LogP contribution in [0.5, 0.6) is 0 Å². The molecule has 14 heavy (non-hydrogen) atoms. The zero-order valence-corrected chi connectivity index (χ0v) is 8.94. The van der Waals surface area contributed by atoms with Crippen molar-refractivity contribution < 1.29 is 18.9 Å². The quantitative estimate of drug-likeness (QED) is 0.760. The van der Waals surface area contributed by atoms with Gasteiger partial charge in [-0.3, -0.25) is 4.52 Å². The summed E-state index contributed by atoms with van der Waals surface area (Å²) in [5.74, 6) is 0. The van der Waals surface area contributed by atoms with Crippen LogP contribution in [0.2, 0.25) is 0 Å². The second kappa shape index (κ2) is 4.24. The SMILES string of the molecule is Cc1ccc(C(C)OP(=O)(O)O)cc1.